The molecule has 286 valence electrons. The topological polar surface area (TPSA) is 0 Å². The van der Waals surface area contributed by atoms with Crippen LogP contribution in [0.2, 0.25) is 13.1 Å². The number of halogens is 2. The van der Waals surface area contributed by atoms with Crippen molar-refractivity contribution in [3.8, 4) is 22.3 Å². The summed E-state index contributed by atoms with van der Waals surface area (Å²) in [6.07, 6.45) is 0.883. The molecule has 0 bridgehead atoms. The largest absolute Gasteiger partial charge is 0.164 e. The van der Waals surface area contributed by atoms with Gasteiger partial charge in [-0.1, -0.05) is 202 Å². The summed E-state index contributed by atoms with van der Waals surface area (Å²) in [5, 5.41) is 5.36. The van der Waals surface area contributed by atoms with Crippen LogP contribution in [0.25, 0.3) is 43.8 Å². The fraction of sp³-hybridized carbons (Fsp3) is 0.111. The molecule has 2 radical (unpaired) electrons. The van der Waals surface area contributed by atoms with Crippen LogP contribution in [-0.4, -0.2) is 9.52 Å². The van der Waals surface area contributed by atoms with Crippen molar-refractivity contribution in [2.24, 2.45) is 0 Å². The molecule has 0 atom stereocenters. The van der Waals surface area contributed by atoms with Gasteiger partial charge in [-0.25, -0.2) is 0 Å². The van der Waals surface area contributed by atoms with E-state index >= 15 is 0 Å². The van der Waals surface area contributed by atoms with E-state index in [1.54, 1.807) is 0 Å². The first-order chi connectivity index (χ1) is 28.4. The number of benzene rings is 7. The minimum absolute atomic E-state index is 0.291. The van der Waals surface area contributed by atoms with Gasteiger partial charge in [0, 0.05) is 14.9 Å². The summed E-state index contributed by atoms with van der Waals surface area (Å²) in [5.74, 6) is 0. The first-order valence-electron chi connectivity index (χ1n) is 19.6. The van der Waals surface area contributed by atoms with Crippen LogP contribution in [0, 0.1) is 13.8 Å². The number of hydrogen-bond donors (Lipinski definition) is 0. The van der Waals surface area contributed by atoms with Crippen LogP contribution in [-0.2, 0) is 32.7 Å². The molecule has 0 nitrogen and oxygen atoms in total. The average Bonchev–Trinajstić information content (AvgIpc) is 3.89. The van der Waals surface area contributed by atoms with Gasteiger partial charge in [0.15, 0.2) is 0 Å². The third-order valence-electron chi connectivity index (χ3n) is 10.5. The van der Waals surface area contributed by atoms with Gasteiger partial charge in [0.1, 0.15) is 0 Å². The number of fused-ring (bicyclic) bond motifs is 2. The smallest absolute Gasteiger partial charge is 0.0475 e. The van der Waals surface area contributed by atoms with Gasteiger partial charge >= 0.3 is 37.9 Å². The third kappa shape index (κ3) is 10.2. The van der Waals surface area contributed by atoms with Crippen molar-refractivity contribution in [2.45, 2.75) is 38.8 Å². The van der Waals surface area contributed by atoms with Gasteiger partial charge in [-0.3, -0.25) is 0 Å². The summed E-state index contributed by atoms with van der Waals surface area (Å²) < 4.78 is 0. The Kier molecular flexibility index (Phi) is 15.9. The molecule has 0 N–H and O–H groups in total. The Hall–Kier alpha value is -4.56. The molecular weight excluding hydrogens is 839 g/mol. The van der Waals surface area contributed by atoms with E-state index < -0.39 is 20.8 Å². The van der Waals surface area contributed by atoms with E-state index in [0.717, 1.165) is 15.9 Å². The Morgan fingerprint density at radius 3 is 1.40 bits per heavy atom. The normalized spacial score (nSPS) is 10.7. The molecule has 0 amide bonds. The molecule has 0 heterocycles. The van der Waals surface area contributed by atoms with E-state index in [2.05, 4.69) is 233 Å². The summed E-state index contributed by atoms with van der Waals surface area (Å²) >= 11 is -0.826. The maximum atomic E-state index is 4.93. The molecule has 0 saturated carbocycles. The zero-order valence-electron chi connectivity index (χ0n) is 33.6. The van der Waals surface area contributed by atoms with Crippen molar-refractivity contribution in [3.05, 3.63) is 240 Å². The molecule has 9 aromatic rings. The van der Waals surface area contributed by atoms with Gasteiger partial charge in [-0.05, 0) is 34.2 Å². The monoisotopic (exact) mass is 884 g/mol. The predicted octanol–water partition coefficient (Wildman–Crippen LogP) is 15.8. The zero-order valence-corrected chi connectivity index (χ0v) is 38.6. The number of aryl methyl sites for hydroxylation is 2. The quantitative estimate of drug-likeness (QED) is 0.0850. The Balaban J connectivity index is 0.000000205. The first kappa shape index (κ1) is 43.0. The van der Waals surface area contributed by atoms with Crippen LogP contribution in [0.5, 0.6) is 0 Å². The SMILES string of the molecule is C[Si]C.Cc1cc2c(-c3ccccc3)ccc(C)c2[cH-]1.[Cl][Zr+2][Cl].c1ccc(-c2cccc3[cH-]c(CC(c4ccccc4)(c4ccccc4)c4ccccc4)cc23)cc1. The standard InChI is InChI=1S/C35H27.C17H15.C2H6Si.2ClH.Zr/c1-5-14-28(15-6-1)33-23-13-16-29-24-27(25-34(29)33)26-35(30-17-7-2-8-18-30,31-19-9-3-10-20-31)32-21-11-4-12-22-32;1-12-10-16-13(2)8-9-15(17(16)11-12)14-6-4-3-5-7-14;1-3-2;;;/h1-25H,26H2;3-11H,1-2H3;1-2H3;2*1H;/q2*-1;;;;+4/p-2. The third-order valence-corrected chi connectivity index (χ3v) is 10.5. The van der Waals surface area contributed by atoms with Crippen molar-refractivity contribution in [1.82, 2.24) is 0 Å². The van der Waals surface area contributed by atoms with E-state index in [-0.39, 0.29) is 5.41 Å². The molecule has 0 spiro atoms. The predicted molar refractivity (Wildman–Crippen MR) is 252 cm³/mol. The van der Waals surface area contributed by atoms with Gasteiger partial charge in [-0.15, -0.1) is 68.6 Å². The number of hydrogen-bond acceptors (Lipinski definition) is 0. The molecule has 9 rings (SSSR count). The fourth-order valence-corrected chi connectivity index (χ4v) is 8.01. The van der Waals surface area contributed by atoms with Crippen LogP contribution in [0.1, 0.15) is 33.4 Å². The van der Waals surface area contributed by atoms with E-state index in [4.69, 9.17) is 17.0 Å². The summed E-state index contributed by atoms with van der Waals surface area (Å²) in [5.41, 5.74) is 12.9. The molecule has 0 fully saturated rings. The molecule has 0 unspecified atom stereocenters. The Morgan fingerprint density at radius 2 is 0.931 bits per heavy atom. The molecule has 0 aliphatic rings. The van der Waals surface area contributed by atoms with Crippen molar-refractivity contribution in [2.75, 3.05) is 0 Å². The van der Waals surface area contributed by atoms with E-state index in [1.165, 1.54) is 77.2 Å². The Morgan fingerprint density at radius 1 is 0.500 bits per heavy atom. The van der Waals surface area contributed by atoms with Crippen molar-refractivity contribution >= 4 is 48.1 Å². The van der Waals surface area contributed by atoms with E-state index in [0.29, 0.717) is 0 Å². The minimum Gasteiger partial charge on any atom is -0.164 e. The average molecular weight is 887 g/mol. The fourth-order valence-electron chi connectivity index (χ4n) is 8.01. The van der Waals surface area contributed by atoms with Crippen molar-refractivity contribution in [1.29, 1.82) is 0 Å². The van der Waals surface area contributed by atoms with Gasteiger partial charge in [0.25, 0.3) is 0 Å². The van der Waals surface area contributed by atoms with Crippen LogP contribution < -0.4 is 0 Å². The van der Waals surface area contributed by atoms with Crippen LogP contribution in [0.3, 0.4) is 0 Å². The summed E-state index contributed by atoms with van der Waals surface area (Å²) in [7, 11) is 11.0. The molecule has 4 heteroatoms. The maximum Gasteiger partial charge on any atom is 0.0475 e. The molecule has 0 aliphatic heterocycles. The van der Waals surface area contributed by atoms with Gasteiger partial charge in [-0.2, -0.15) is 12.1 Å². The second-order valence-corrected chi connectivity index (χ2v) is 19.2. The molecule has 0 aliphatic carbocycles. The van der Waals surface area contributed by atoms with E-state index in [9.17, 15) is 0 Å². The summed E-state index contributed by atoms with van der Waals surface area (Å²) in [6, 6.07) is 74.6. The van der Waals surface area contributed by atoms with Crippen molar-refractivity contribution in [3.63, 3.8) is 0 Å². The Bertz CT molecular complexity index is 2480. The summed E-state index contributed by atoms with van der Waals surface area (Å²) in [6.45, 7) is 8.64. The minimum atomic E-state index is -0.826. The van der Waals surface area contributed by atoms with Crippen molar-refractivity contribution < 1.29 is 20.8 Å². The van der Waals surface area contributed by atoms with Crippen LogP contribution >= 0.6 is 17.0 Å². The second-order valence-electron chi connectivity index (χ2n) is 14.4. The van der Waals surface area contributed by atoms with Gasteiger partial charge in [0.2, 0.25) is 0 Å². The van der Waals surface area contributed by atoms with E-state index in [1.807, 2.05) is 0 Å². The molecule has 9 aromatic carbocycles. The van der Waals surface area contributed by atoms with Gasteiger partial charge < -0.3 is 0 Å². The first-order valence-corrected chi connectivity index (χ1v) is 27.9. The zero-order chi connectivity index (χ0) is 40.7. The Labute approximate surface area is 366 Å². The van der Waals surface area contributed by atoms with Crippen LogP contribution in [0.15, 0.2) is 206 Å². The molecular formula is C54H48Cl2SiZr. The molecule has 0 aromatic heterocycles. The second kappa shape index (κ2) is 21.4. The maximum absolute atomic E-state index is 4.93. The molecule has 58 heavy (non-hydrogen) atoms. The molecule has 0 saturated heterocycles. The summed E-state index contributed by atoms with van der Waals surface area (Å²) in [4.78, 5) is 0. The van der Waals surface area contributed by atoms with Gasteiger partial charge in [0.05, 0.1) is 0 Å². The van der Waals surface area contributed by atoms with Crippen LogP contribution in [0.4, 0.5) is 0 Å². The number of rotatable bonds is 7.